The first kappa shape index (κ1) is 16.3. The maximum atomic E-state index is 12.0. The molecule has 0 aliphatic rings. The zero-order chi connectivity index (χ0) is 15.0. The van der Waals surface area contributed by atoms with E-state index in [1.165, 1.54) is 12.1 Å². The van der Waals surface area contributed by atoms with E-state index in [9.17, 15) is 18.0 Å². The molecule has 0 bridgehead atoms. The summed E-state index contributed by atoms with van der Waals surface area (Å²) < 4.78 is 39.6. The second-order valence-electron chi connectivity index (χ2n) is 4.29. The van der Waals surface area contributed by atoms with Gasteiger partial charge in [0, 0.05) is 6.42 Å². The van der Waals surface area contributed by atoms with Gasteiger partial charge in [-0.3, -0.25) is 10.0 Å². The van der Waals surface area contributed by atoms with Crippen molar-refractivity contribution in [1.82, 2.24) is 5.48 Å². The number of benzene rings is 1. The van der Waals surface area contributed by atoms with Crippen molar-refractivity contribution in [3.05, 3.63) is 29.8 Å². The van der Waals surface area contributed by atoms with Crippen LogP contribution in [0, 0.1) is 0 Å². The summed E-state index contributed by atoms with van der Waals surface area (Å²) in [7, 11) is 0. The molecule has 0 aliphatic carbocycles. The number of unbranched alkanes of at least 4 members (excludes halogenated alkanes) is 2. The predicted molar refractivity (Wildman–Crippen MR) is 65.2 cm³/mol. The molecule has 0 unspecified atom stereocenters. The van der Waals surface area contributed by atoms with E-state index in [0.29, 0.717) is 12.8 Å². The van der Waals surface area contributed by atoms with Crippen LogP contribution in [0.1, 0.15) is 31.2 Å². The van der Waals surface area contributed by atoms with Crippen molar-refractivity contribution in [2.75, 3.05) is 0 Å². The normalized spacial score (nSPS) is 11.2. The lowest BCUT2D eigenvalue weighted by molar-refractivity contribution is -0.274. The number of halogens is 3. The smallest absolute Gasteiger partial charge is 0.406 e. The Balaban J connectivity index is 2.26. The Morgan fingerprint density at radius 3 is 2.35 bits per heavy atom. The fourth-order valence-corrected chi connectivity index (χ4v) is 1.71. The molecule has 112 valence electrons. The molecule has 0 atom stereocenters. The van der Waals surface area contributed by atoms with Gasteiger partial charge in [-0.05, 0) is 37.0 Å². The summed E-state index contributed by atoms with van der Waals surface area (Å²) in [5, 5.41) is 8.28. The number of aryl methyl sites for hydroxylation is 1. The van der Waals surface area contributed by atoms with Gasteiger partial charge in [-0.25, -0.2) is 5.48 Å². The third-order valence-corrected chi connectivity index (χ3v) is 2.65. The van der Waals surface area contributed by atoms with Crippen molar-refractivity contribution in [1.29, 1.82) is 0 Å². The van der Waals surface area contributed by atoms with Gasteiger partial charge in [-0.2, -0.15) is 0 Å². The topological polar surface area (TPSA) is 58.6 Å². The summed E-state index contributed by atoms with van der Waals surface area (Å²) in [5.74, 6) is -0.653. The summed E-state index contributed by atoms with van der Waals surface area (Å²) in [6, 6.07) is 5.73. The van der Waals surface area contributed by atoms with Crippen LogP contribution in [-0.2, 0) is 11.2 Å². The van der Waals surface area contributed by atoms with Gasteiger partial charge in [-0.1, -0.05) is 18.6 Å². The van der Waals surface area contributed by atoms with Gasteiger partial charge >= 0.3 is 6.36 Å². The first-order valence-corrected chi connectivity index (χ1v) is 6.18. The molecule has 0 spiro atoms. The molecule has 2 N–H and O–H groups in total. The van der Waals surface area contributed by atoms with Crippen LogP contribution in [0.4, 0.5) is 13.2 Å². The first-order chi connectivity index (χ1) is 9.40. The van der Waals surface area contributed by atoms with E-state index in [4.69, 9.17) is 5.21 Å². The number of amides is 1. The molecule has 7 heteroatoms. The third-order valence-electron chi connectivity index (χ3n) is 2.65. The minimum absolute atomic E-state index is 0.235. The second kappa shape index (κ2) is 7.74. The van der Waals surface area contributed by atoms with Crippen molar-refractivity contribution >= 4 is 5.91 Å². The highest BCUT2D eigenvalue weighted by Gasteiger charge is 2.30. The van der Waals surface area contributed by atoms with Crippen LogP contribution in [0.15, 0.2) is 24.3 Å². The van der Waals surface area contributed by atoms with E-state index in [-0.39, 0.29) is 12.2 Å². The highest BCUT2D eigenvalue weighted by atomic mass is 19.4. The number of alkyl halides is 3. The van der Waals surface area contributed by atoms with E-state index in [0.717, 1.165) is 18.4 Å². The molecule has 0 aliphatic heterocycles. The zero-order valence-corrected chi connectivity index (χ0v) is 10.7. The number of rotatable bonds is 7. The Labute approximate surface area is 114 Å². The lowest BCUT2D eigenvalue weighted by Gasteiger charge is -2.09. The molecular formula is C13H16F3NO3. The molecule has 0 saturated carbocycles. The molecule has 0 aromatic heterocycles. The Hall–Kier alpha value is -1.76. The van der Waals surface area contributed by atoms with E-state index in [2.05, 4.69) is 4.74 Å². The molecule has 1 aromatic carbocycles. The van der Waals surface area contributed by atoms with Crippen LogP contribution in [0.2, 0.25) is 0 Å². The fourth-order valence-electron chi connectivity index (χ4n) is 1.71. The number of hydroxylamine groups is 1. The quantitative estimate of drug-likeness (QED) is 0.461. The summed E-state index contributed by atoms with van der Waals surface area (Å²) in [6.07, 6.45) is -1.43. The minimum atomic E-state index is -4.67. The molecule has 0 heterocycles. The Morgan fingerprint density at radius 1 is 1.15 bits per heavy atom. The average Bonchev–Trinajstić information content (AvgIpc) is 2.38. The number of hydrogen-bond donors (Lipinski definition) is 2. The number of nitrogens with one attached hydrogen (secondary N) is 1. The van der Waals surface area contributed by atoms with Crippen LogP contribution < -0.4 is 10.2 Å². The highest BCUT2D eigenvalue weighted by Crippen LogP contribution is 2.23. The van der Waals surface area contributed by atoms with Crippen molar-refractivity contribution < 1.29 is 27.9 Å². The Morgan fingerprint density at radius 2 is 1.80 bits per heavy atom. The summed E-state index contributed by atoms with van der Waals surface area (Å²) in [5.41, 5.74) is 2.46. The Kier molecular flexibility index (Phi) is 6.30. The number of hydrogen-bond acceptors (Lipinski definition) is 3. The predicted octanol–water partition coefficient (Wildman–Crippen LogP) is 3.19. The van der Waals surface area contributed by atoms with Crippen molar-refractivity contribution in [3.63, 3.8) is 0 Å². The van der Waals surface area contributed by atoms with Gasteiger partial charge in [0.1, 0.15) is 5.75 Å². The van der Waals surface area contributed by atoms with Crippen LogP contribution in [0.3, 0.4) is 0 Å². The van der Waals surface area contributed by atoms with Gasteiger partial charge in [0.15, 0.2) is 0 Å². The lowest BCUT2D eigenvalue weighted by Crippen LogP contribution is -2.17. The van der Waals surface area contributed by atoms with Crippen molar-refractivity contribution in [3.8, 4) is 5.75 Å². The molecule has 0 fully saturated rings. The standard InChI is InChI=1S/C13H16F3NO3/c14-13(15,16)20-11-8-6-10(7-9-11)4-2-1-3-5-12(18)17-19/h6-9,19H,1-5H2,(H,17,18). The Bertz CT molecular complexity index is 418. The summed E-state index contributed by atoms with van der Waals surface area (Å²) >= 11 is 0. The monoisotopic (exact) mass is 291 g/mol. The molecule has 1 aromatic rings. The summed E-state index contributed by atoms with van der Waals surface area (Å²) in [4.78, 5) is 10.7. The summed E-state index contributed by atoms with van der Waals surface area (Å²) in [6.45, 7) is 0. The van der Waals surface area contributed by atoms with Crippen LogP contribution >= 0.6 is 0 Å². The average molecular weight is 291 g/mol. The lowest BCUT2D eigenvalue weighted by atomic mass is 10.1. The highest BCUT2D eigenvalue weighted by molar-refractivity contribution is 5.74. The molecule has 4 nitrogen and oxygen atoms in total. The largest absolute Gasteiger partial charge is 0.573 e. The zero-order valence-electron chi connectivity index (χ0n) is 10.7. The SMILES string of the molecule is O=C(CCCCCc1ccc(OC(F)(F)F)cc1)NO. The third kappa shape index (κ3) is 6.98. The number of carbonyl (C=O) groups excluding carboxylic acids is 1. The van der Waals surface area contributed by atoms with E-state index < -0.39 is 12.3 Å². The fraction of sp³-hybridized carbons (Fsp3) is 0.462. The van der Waals surface area contributed by atoms with Crippen molar-refractivity contribution in [2.24, 2.45) is 0 Å². The minimum Gasteiger partial charge on any atom is -0.406 e. The van der Waals surface area contributed by atoms with E-state index in [1.807, 2.05) is 0 Å². The maximum Gasteiger partial charge on any atom is 0.573 e. The molecular weight excluding hydrogens is 275 g/mol. The molecule has 1 rings (SSSR count). The molecule has 0 saturated heterocycles. The van der Waals surface area contributed by atoms with Crippen LogP contribution in [-0.4, -0.2) is 17.5 Å². The van der Waals surface area contributed by atoms with Gasteiger partial charge in [0.05, 0.1) is 0 Å². The van der Waals surface area contributed by atoms with Gasteiger partial charge < -0.3 is 4.74 Å². The van der Waals surface area contributed by atoms with Gasteiger partial charge in [0.2, 0.25) is 5.91 Å². The van der Waals surface area contributed by atoms with E-state index in [1.54, 1.807) is 17.6 Å². The number of ether oxygens (including phenoxy) is 1. The molecule has 0 radical (unpaired) electrons. The van der Waals surface area contributed by atoms with Crippen molar-refractivity contribution in [2.45, 2.75) is 38.5 Å². The maximum absolute atomic E-state index is 12.0. The van der Waals surface area contributed by atoms with Gasteiger partial charge in [-0.15, -0.1) is 13.2 Å². The van der Waals surface area contributed by atoms with Crippen LogP contribution in [0.5, 0.6) is 5.75 Å². The van der Waals surface area contributed by atoms with Gasteiger partial charge in [0.25, 0.3) is 0 Å². The molecule has 1 amide bonds. The second-order valence-corrected chi connectivity index (χ2v) is 4.29. The van der Waals surface area contributed by atoms with E-state index >= 15 is 0 Å². The first-order valence-electron chi connectivity index (χ1n) is 6.18. The van der Waals surface area contributed by atoms with Crippen LogP contribution in [0.25, 0.3) is 0 Å². The number of carbonyl (C=O) groups is 1. The molecule has 20 heavy (non-hydrogen) atoms.